The fraction of sp³-hybridized carbons (Fsp3) is 0.400. The number of hydrogen-bond acceptors (Lipinski definition) is 7. The van der Waals surface area contributed by atoms with Gasteiger partial charge in [0, 0.05) is 13.1 Å². The maximum atomic E-state index is 5.37. The summed E-state index contributed by atoms with van der Waals surface area (Å²) in [6.07, 6.45) is 1.60. The molecule has 2 N–H and O–H groups in total. The molecule has 116 valence electrons. The summed E-state index contributed by atoms with van der Waals surface area (Å²) in [5.74, 6) is 3.30. The number of hydrogen-bond donors (Lipinski definition) is 2. The minimum Gasteiger partial charge on any atom is -0.454 e. The van der Waals surface area contributed by atoms with Crippen LogP contribution in [0.4, 0.5) is 11.8 Å². The lowest BCUT2D eigenvalue weighted by Crippen LogP contribution is -2.12. The molecule has 7 heteroatoms. The van der Waals surface area contributed by atoms with Gasteiger partial charge in [0.2, 0.25) is 12.7 Å². The summed E-state index contributed by atoms with van der Waals surface area (Å²) >= 11 is 0. The molecule has 0 radical (unpaired) electrons. The van der Waals surface area contributed by atoms with Crippen molar-refractivity contribution < 1.29 is 9.47 Å². The van der Waals surface area contributed by atoms with E-state index < -0.39 is 0 Å². The van der Waals surface area contributed by atoms with E-state index in [1.165, 1.54) is 0 Å². The Balaban J connectivity index is 1.60. The normalized spacial score (nSPS) is 12.5. The molecule has 1 aromatic heterocycles. The average molecular weight is 301 g/mol. The third-order valence-corrected chi connectivity index (χ3v) is 3.14. The highest BCUT2D eigenvalue weighted by Crippen LogP contribution is 2.32. The highest BCUT2D eigenvalue weighted by molar-refractivity contribution is 5.46. The lowest BCUT2D eigenvalue weighted by atomic mass is 10.2. The van der Waals surface area contributed by atoms with Crippen LogP contribution in [0.3, 0.4) is 0 Å². The maximum Gasteiger partial charge on any atom is 0.244 e. The molecule has 0 spiro atoms. The van der Waals surface area contributed by atoms with Crippen molar-refractivity contribution in [2.24, 2.45) is 5.92 Å². The summed E-state index contributed by atoms with van der Waals surface area (Å²) in [6, 6.07) is 5.86. The van der Waals surface area contributed by atoms with Gasteiger partial charge in [-0.1, -0.05) is 19.9 Å². The molecule has 1 aliphatic heterocycles. The summed E-state index contributed by atoms with van der Waals surface area (Å²) in [5, 5.41) is 14.3. The van der Waals surface area contributed by atoms with Gasteiger partial charge in [-0.25, -0.2) is 0 Å². The van der Waals surface area contributed by atoms with Crippen LogP contribution >= 0.6 is 0 Å². The van der Waals surface area contributed by atoms with Crippen LogP contribution < -0.4 is 20.1 Å². The van der Waals surface area contributed by atoms with E-state index >= 15 is 0 Å². The Morgan fingerprint density at radius 3 is 2.91 bits per heavy atom. The van der Waals surface area contributed by atoms with E-state index in [9.17, 15) is 0 Å². The van der Waals surface area contributed by atoms with Crippen molar-refractivity contribution in [3.8, 4) is 11.5 Å². The van der Waals surface area contributed by atoms with Gasteiger partial charge in [0.25, 0.3) is 0 Å². The van der Waals surface area contributed by atoms with Gasteiger partial charge in [-0.15, -0.1) is 5.10 Å². The van der Waals surface area contributed by atoms with E-state index in [4.69, 9.17) is 9.47 Å². The lowest BCUT2D eigenvalue weighted by Gasteiger charge is -2.09. The summed E-state index contributed by atoms with van der Waals surface area (Å²) in [5.41, 5.74) is 1.08. The summed E-state index contributed by atoms with van der Waals surface area (Å²) in [7, 11) is 0. The van der Waals surface area contributed by atoms with Crippen LogP contribution in [0.15, 0.2) is 24.4 Å². The van der Waals surface area contributed by atoms with Gasteiger partial charge >= 0.3 is 0 Å². The first-order valence-corrected chi connectivity index (χ1v) is 7.26. The SMILES string of the molecule is CC(C)CNc1nncc(NCc2ccc3c(c2)OCO3)n1. The molecular formula is C15H19N5O2. The number of nitrogens with zero attached hydrogens (tertiary/aromatic N) is 3. The van der Waals surface area contributed by atoms with Crippen molar-refractivity contribution in [3.63, 3.8) is 0 Å². The number of anilines is 2. The number of aromatic nitrogens is 3. The molecule has 0 saturated carbocycles. The Labute approximate surface area is 129 Å². The summed E-state index contributed by atoms with van der Waals surface area (Å²) in [4.78, 5) is 4.38. The number of nitrogens with one attached hydrogen (secondary N) is 2. The highest BCUT2D eigenvalue weighted by atomic mass is 16.7. The maximum absolute atomic E-state index is 5.37. The van der Waals surface area contributed by atoms with Crippen LogP contribution in [0, 0.1) is 5.92 Å². The molecule has 0 unspecified atom stereocenters. The van der Waals surface area contributed by atoms with Crippen molar-refractivity contribution >= 4 is 11.8 Å². The molecular weight excluding hydrogens is 282 g/mol. The van der Waals surface area contributed by atoms with Gasteiger partial charge in [-0.05, 0) is 23.6 Å². The van der Waals surface area contributed by atoms with Crippen molar-refractivity contribution in [2.45, 2.75) is 20.4 Å². The summed E-state index contributed by atoms with van der Waals surface area (Å²) < 4.78 is 10.7. The Kier molecular flexibility index (Phi) is 4.22. The van der Waals surface area contributed by atoms with E-state index in [2.05, 4.69) is 39.7 Å². The van der Waals surface area contributed by atoms with Gasteiger partial charge in [0.05, 0.1) is 6.20 Å². The summed E-state index contributed by atoms with van der Waals surface area (Å²) in [6.45, 7) is 5.98. The molecule has 0 saturated heterocycles. The predicted molar refractivity (Wildman–Crippen MR) is 83.0 cm³/mol. The van der Waals surface area contributed by atoms with Crippen LogP contribution in [0.25, 0.3) is 0 Å². The molecule has 2 aromatic rings. The molecule has 7 nitrogen and oxygen atoms in total. The van der Waals surface area contributed by atoms with E-state index in [0.717, 1.165) is 23.6 Å². The van der Waals surface area contributed by atoms with E-state index in [0.29, 0.717) is 24.2 Å². The molecule has 1 aromatic carbocycles. The Bertz CT molecular complexity index is 648. The predicted octanol–water partition coefficient (Wildman–Crippen LogP) is 2.28. The third-order valence-electron chi connectivity index (χ3n) is 3.14. The van der Waals surface area contributed by atoms with E-state index in [1.54, 1.807) is 6.20 Å². The Morgan fingerprint density at radius 1 is 1.18 bits per heavy atom. The number of fused-ring (bicyclic) bond motifs is 1. The smallest absolute Gasteiger partial charge is 0.244 e. The minimum absolute atomic E-state index is 0.285. The Morgan fingerprint density at radius 2 is 2.05 bits per heavy atom. The largest absolute Gasteiger partial charge is 0.454 e. The molecule has 0 bridgehead atoms. The second kappa shape index (κ2) is 6.46. The second-order valence-electron chi connectivity index (χ2n) is 5.48. The first kappa shape index (κ1) is 14.4. The molecule has 0 atom stereocenters. The Hall–Kier alpha value is -2.57. The van der Waals surface area contributed by atoms with Crippen LogP contribution in [0.5, 0.6) is 11.5 Å². The fourth-order valence-corrected chi connectivity index (χ4v) is 2.00. The zero-order valence-corrected chi connectivity index (χ0v) is 12.7. The quantitative estimate of drug-likeness (QED) is 0.847. The van der Waals surface area contributed by atoms with Crippen molar-refractivity contribution in [3.05, 3.63) is 30.0 Å². The monoisotopic (exact) mass is 301 g/mol. The van der Waals surface area contributed by atoms with Gasteiger partial charge in [0.1, 0.15) is 0 Å². The minimum atomic E-state index is 0.285. The third kappa shape index (κ3) is 3.55. The average Bonchev–Trinajstić information content (AvgIpc) is 2.99. The zero-order chi connectivity index (χ0) is 15.4. The standard InChI is InChI=1S/C15H19N5O2/c1-10(2)6-17-15-19-14(8-18-20-15)16-7-11-3-4-12-13(5-11)22-9-21-12/h3-5,8,10H,6-7,9H2,1-2H3,(H2,16,17,19,20). The van der Waals surface area contributed by atoms with Crippen LogP contribution in [0.2, 0.25) is 0 Å². The number of benzene rings is 1. The fourth-order valence-electron chi connectivity index (χ4n) is 2.00. The topological polar surface area (TPSA) is 81.2 Å². The highest BCUT2D eigenvalue weighted by Gasteiger charge is 2.13. The van der Waals surface area contributed by atoms with Crippen LogP contribution in [-0.4, -0.2) is 28.5 Å². The lowest BCUT2D eigenvalue weighted by molar-refractivity contribution is 0.174. The molecule has 0 aliphatic carbocycles. The first-order chi connectivity index (χ1) is 10.7. The molecule has 22 heavy (non-hydrogen) atoms. The first-order valence-electron chi connectivity index (χ1n) is 7.26. The van der Waals surface area contributed by atoms with Gasteiger partial charge < -0.3 is 20.1 Å². The van der Waals surface area contributed by atoms with Crippen molar-refractivity contribution in [1.82, 2.24) is 15.2 Å². The van der Waals surface area contributed by atoms with Gasteiger partial charge in [0.15, 0.2) is 17.3 Å². The van der Waals surface area contributed by atoms with E-state index in [-0.39, 0.29) is 6.79 Å². The molecule has 2 heterocycles. The van der Waals surface area contributed by atoms with Gasteiger partial charge in [-0.2, -0.15) is 10.1 Å². The zero-order valence-electron chi connectivity index (χ0n) is 12.7. The van der Waals surface area contributed by atoms with Crippen LogP contribution in [-0.2, 0) is 6.54 Å². The van der Waals surface area contributed by atoms with Crippen LogP contribution in [0.1, 0.15) is 19.4 Å². The molecule has 3 rings (SSSR count). The van der Waals surface area contributed by atoms with Gasteiger partial charge in [-0.3, -0.25) is 0 Å². The second-order valence-corrected chi connectivity index (χ2v) is 5.48. The number of rotatable bonds is 6. The van der Waals surface area contributed by atoms with Crippen molar-refractivity contribution in [1.29, 1.82) is 0 Å². The van der Waals surface area contributed by atoms with E-state index in [1.807, 2.05) is 18.2 Å². The molecule has 0 fully saturated rings. The molecule has 0 amide bonds. The number of ether oxygens (including phenoxy) is 2. The molecule has 1 aliphatic rings. The van der Waals surface area contributed by atoms with Crippen molar-refractivity contribution in [2.75, 3.05) is 24.0 Å².